The zero-order valence-electron chi connectivity index (χ0n) is 19.5. The summed E-state index contributed by atoms with van der Waals surface area (Å²) in [5.41, 5.74) is 2.99. The molecule has 1 aliphatic heterocycles. The van der Waals surface area contributed by atoms with Gasteiger partial charge in [-0.05, 0) is 35.4 Å². The summed E-state index contributed by atoms with van der Waals surface area (Å²) in [6.07, 6.45) is 4.71. The predicted octanol–water partition coefficient (Wildman–Crippen LogP) is 7.95. The molecule has 1 N–H and O–H groups in total. The summed E-state index contributed by atoms with van der Waals surface area (Å²) in [7, 11) is 0. The first kappa shape index (κ1) is 30.3. The van der Waals surface area contributed by atoms with Gasteiger partial charge in [0.1, 0.15) is 19.3 Å². The van der Waals surface area contributed by atoms with Gasteiger partial charge in [0.25, 0.3) is 5.95 Å². The van der Waals surface area contributed by atoms with Crippen molar-refractivity contribution in [3.05, 3.63) is 122 Å². The van der Waals surface area contributed by atoms with E-state index in [-0.39, 0.29) is 33.3 Å². The summed E-state index contributed by atoms with van der Waals surface area (Å²) >= 11 is 6.66. The van der Waals surface area contributed by atoms with Gasteiger partial charge in [0.05, 0.1) is 0 Å². The van der Waals surface area contributed by atoms with Crippen LogP contribution < -0.4 is 0 Å². The summed E-state index contributed by atoms with van der Waals surface area (Å²) in [5.74, 6) is -1.14. The maximum Gasteiger partial charge on any atom is 0.338 e. The van der Waals surface area contributed by atoms with Gasteiger partial charge in [0.15, 0.2) is 0 Å². The number of halogens is 2. The average molecular weight is 794 g/mol. The van der Waals surface area contributed by atoms with E-state index in [0.29, 0.717) is 6.04 Å². The standard InChI is InChI=1S/C17H14Br2O4.C11H13N.Ir/c18-14-5-1-12(2-6-14)10-22-16(20)9-17(21)23-11-13-3-7-15(19)8-4-13;1-2-6-10(7-3-1)11-8-4-5-9-12-11;/h1-9,20H,10-11H2;1-3,6,11H,4-5,8-9H2;/q;-2;/b16-9+;;. The van der Waals surface area contributed by atoms with Crippen LogP contribution in [0, 0.1) is 6.07 Å². The van der Waals surface area contributed by atoms with E-state index in [0.717, 1.165) is 32.7 Å². The van der Waals surface area contributed by atoms with Crippen LogP contribution in [0.2, 0.25) is 0 Å². The first-order valence-electron chi connectivity index (χ1n) is 11.3. The fourth-order valence-corrected chi connectivity index (χ4v) is 3.84. The van der Waals surface area contributed by atoms with E-state index >= 15 is 0 Å². The summed E-state index contributed by atoms with van der Waals surface area (Å²) in [6, 6.07) is 26.7. The minimum atomic E-state index is -0.666. The molecule has 3 aromatic carbocycles. The predicted molar refractivity (Wildman–Crippen MR) is 144 cm³/mol. The Labute approximate surface area is 242 Å². The molecule has 8 heteroatoms. The van der Waals surface area contributed by atoms with Crippen molar-refractivity contribution in [1.82, 2.24) is 0 Å². The number of aliphatic hydroxyl groups is 1. The van der Waals surface area contributed by atoms with Crippen molar-refractivity contribution < 1.29 is 39.5 Å². The van der Waals surface area contributed by atoms with Gasteiger partial charge in [-0.3, -0.25) is 0 Å². The molecule has 1 unspecified atom stereocenters. The molecule has 0 bridgehead atoms. The molecule has 1 radical (unpaired) electrons. The van der Waals surface area contributed by atoms with Crippen LogP contribution in [-0.2, 0) is 47.6 Å². The third-order valence-corrected chi connectivity index (χ3v) is 6.22. The van der Waals surface area contributed by atoms with Crippen molar-refractivity contribution in [3.8, 4) is 0 Å². The number of aliphatic hydroxyl groups excluding tert-OH is 1. The normalized spacial score (nSPS) is 15.1. The molecular formula is C28H27Br2IrNO4-2. The van der Waals surface area contributed by atoms with E-state index in [4.69, 9.17) is 9.47 Å². The molecule has 0 saturated carbocycles. The molecule has 0 aliphatic carbocycles. The van der Waals surface area contributed by atoms with Crippen LogP contribution in [0.3, 0.4) is 0 Å². The maximum absolute atomic E-state index is 11.6. The van der Waals surface area contributed by atoms with Crippen molar-refractivity contribution >= 4 is 37.8 Å². The van der Waals surface area contributed by atoms with Crippen LogP contribution in [0.5, 0.6) is 0 Å². The molecule has 3 aromatic rings. The largest absolute Gasteiger partial charge is 0.657 e. The van der Waals surface area contributed by atoms with Gasteiger partial charge in [-0.15, -0.1) is 12.6 Å². The Balaban J connectivity index is 0.000000294. The van der Waals surface area contributed by atoms with Crippen molar-refractivity contribution in [2.24, 2.45) is 0 Å². The van der Waals surface area contributed by atoms with E-state index in [1.807, 2.05) is 60.7 Å². The maximum atomic E-state index is 11.6. The monoisotopic (exact) mass is 792 g/mol. The van der Waals surface area contributed by atoms with Gasteiger partial charge in [-0.1, -0.05) is 75.4 Å². The van der Waals surface area contributed by atoms with Crippen LogP contribution in [0.25, 0.3) is 5.32 Å². The number of carbonyl (C=O) groups is 1. The SMILES string of the molecule is O=C(/C=C(\O)OCc1ccc(Br)cc1)OCc1ccc(Br)cc1.[Ir].[c-]1ccccc1C1CCCC[N-]1. The molecule has 1 atom stereocenters. The quantitative estimate of drug-likeness (QED) is 0.114. The molecule has 193 valence electrons. The van der Waals surface area contributed by atoms with E-state index in [1.165, 1.54) is 24.8 Å². The molecular weight excluding hydrogens is 766 g/mol. The van der Waals surface area contributed by atoms with Crippen molar-refractivity contribution in [2.45, 2.75) is 38.5 Å². The van der Waals surface area contributed by atoms with Crippen LogP contribution in [0.4, 0.5) is 0 Å². The van der Waals surface area contributed by atoms with Gasteiger partial charge in [-0.2, -0.15) is 35.9 Å². The van der Waals surface area contributed by atoms with Crippen LogP contribution >= 0.6 is 31.9 Å². The van der Waals surface area contributed by atoms with E-state index in [2.05, 4.69) is 55.4 Å². The second kappa shape index (κ2) is 16.7. The minimum Gasteiger partial charge on any atom is -0.657 e. The number of hydrogen-bond donors (Lipinski definition) is 1. The molecule has 1 aliphatic rings. The number of benzene rings is 3. The van der Waals surface area contributed by atoms with Gasteiger partial charge in [0, 0.05) is 29.1 Å². The Morgan fingerprint density at radius 1 is 0.944 bits per heavy atom. The summed E-state index contributed by atoms with van der Waals surface area (Å²) in [5, 5.41) is 14.2. The third kappa shape index (κ3) is 11.4. The van der Waals surface area contributed by atoms with E-state index in [9.17, 15) is 9.90 Å². The van der Waals surface area contributed by atoms with E-state index in [1.54, 1.807) is 0 Å². The van der Waals surface area contributed by atoms with Crippen LogP contribution in [-0.4, -0.2) is 17.6 Å². The van der Waals surface area contributed by atoms with Crippen molar-refractivity contribution in [3.63, 3.8) is 0 Å². The number of rotatable bonds is 7. The molecule has 5 nitrogen and oxygen atoms in total. The minimum absolute atomic E-state index is 0. The first-order valence-corrected chi connectivity index (χ1v) is 12.9. The van der Waals surface area contributed by atoms with Gasteiger partial charge < -0.3 is 19.9 Å². The molecule has 1 saturated heterocycles. The number of ether oxygens (including phenoxy) is 2. The van der Waals surface area contributed by atoms with Gasteiger partial charge >= 0.3 is 5.97 Å². The average Bonchev–Trinajstić information content (AvgIpc) is 2.89. The third-order valence-electron chi connectivity index (χ3n) is 5.16. The second-order valence-electron chi connectivity index (χ2n) is 7.87. The molecule has 4 rings (SSSR count). The van der Waals surface area contributed by atoms with Crippen LogP contribution in [0.15, 0.2) is 93.8 Å². The summed E-state index contributed by atoms with van der Waals surface area (Å²) in [6.45, 7) is 1.33. The Hall–Kier alpha value is -1.96. The number of esters is 1. The Morgan fingerprint density at radius 2 is 1.56 bits per heavy atom. The number of nitrogens with zero attached hydrogens (tertiary/aromatic N) is 1. The Bertz CT molecular complexity index is 1070. The molecule has 0 spiro atoms. The summed E-state index contributed by atoms with van der Waals surface area (Å²) in [4.78, 5) is 11.6. The molecule has 1 fully saturated rings. The molecule has 1 heterocycles. The fourth-order valence-electron chi connectivity index (χ4n) is 3.31. The van der Waals surface area contributed by atoms with Crippen molar-refractivity contribution in [1.29, 1.82) is 0 Å². The molecule has 0 amide bonds. The van der Waals surface area contributed by atoms with Crippen LogP contribution in [0.1, 0.15) is 42.0 Å². The van der Waals surface area contributed by atoms with E-state index < -0.39 is 11.9 Å². The Kier molecular flexibility index (Phi) is 14.1. The number of hydrogen-bond acceptors (Lipinski definition) is 4. The smallest absolute Gasteiger partial charge is 0.338 e. The topological polar surface area (TPSA) is 69.9 Å². The van der Waals surface area contributed by atoms with Gasteiger partial charge in [0.2, 0.25) is 0 Å². The fraction of sp³-hybridized carbons (Fsp3) is 0.250. The zero-order valence-corrected chi connectivity index (χ0v) is 25.1. The first-order chi connectivity index (χ1) is 17.0. The second-order valence-corrected chi connectivity index (χ2v) is 9.70. The number of piperidine rings is 1. The Morgan fingerprint density at radius 3 is 2.08 bits per heavy atom. The molecule has 36 heavy (non-hydrogen) atoms. The zero-order chi connectivity index (χ0) is 24.9. The number of carbonyl (C=O) groups excluding carboxylic acids is 1. The van der Waals surface area contributed by atoms with Crippen molar-refractivity contribution in [2.75, 3.05) is 6.54 Å². The molecule has 0 aromatic heterocycles. The summed E-state index contributed by atoms with van der Waals surface area (Å²) < 4.78 is 12.0. The van der Waals surface area contributed by atoms with Gasteiger partial charge in [-0.25, -0.2) is 4.79 Å².